The number of furan rings is 1. The Morgan fingerprint density at radius 2 is 2.03 bits per heavy atom. The van der Waals surface area contributed by atoms with Crippen LogP contribution in [0.3, 0.4) is 0 Å². The van der Waals surface area contributed by atoms with Crippen LogP contribution in [0.15, 0.2) is 70.7 Å². The first-order valence-corrected chi connectivity index (χ1v) is 10.6. The highest BCUT2D eigenvalue weighted by atomic mass is 32.2. The molecule has 0 unspecified atom stereocenters. The van der Waals surface area contributed by atoms with Crippen molar-refractivity contribution in [3.8, 4) is 17.1 Å². The molecule has 3 heterocycles. The summed E-state index contributed by atoms with van der Waals surface area (Å²) in [4.78, 5) is 16.7. The van der Waals surface area contributed by atoms with Crippen LogP contribution in [0.25, 0.3) is 11.4 Å². The summed E-state index contributed by atoms with van der Waals surface area (Å²) in [7, 11) is 1.58. The lowest BCUT2D eigenvalue weighted by Gasteiger charge is -2.11. The molecule has 0 aliphatic heterocycles. The molecule has 8 nitrogen and oxygen atoms in total. The van der Waals surface area contributed by atoms with E-state index in [1.165, 1.54) is 11.8 Å². The second kappa shape index (κ2) is 9.48. The molecular formula is C22H21N5O3S. The Balaban J connectivity index is 1.52. The normalized spacial score (nSPS) is 10.8. The van der Waals surface area contributed by atoms with Crippen LogP contribution in [0.1, 0.15) is 11.3 Å². The molecule has 0 radical (unpaired) electrons. The highest BCUT2D eigenvalue weighted by Gasteiger charge is 2.17. The number of aromatic nitrogens is 4. The molecule has 1 amide bonds. The van der Waals surface area contributed by atoms with Crippen LogP contribution in [0.4, 0.5) is 5.69 Å². The molecule has 1 aromatic carbocycles. The topological polar surface area (TPSA) is 95.1 Å². The smallest absolute Gasteiger partial charge is 0.234 e. The van der Waals surface area contributed by atoms with Crippen molar-refractivity contribution in [3.63, 3.8) is 0 Å². The number of amides is 1. The van der Waals surface area contributed by atoms with E-state index in [4.69, 9.17) is 9.15 Å². The van der Waals surface area contributed by atoms with Crippen molar-refractivity contribution in [2.24, 2.45) is 0 Å². The minimum Gasteiger partial charge on any atom is -0.495 e. The molecule has 9 heteroatoms. The average Bonchev–Trinajstić information content (AvgIpc) is 3.43. The largest absolute Gasteiger partial charge is 0.495 e. The van der Waals surface area contributed by atoms with Gasteiger partial charge < -0.3 is 14.5 Å². The van der Waals surface area contributed by atoms with Crippen LogP contribution in [0.2, 0.25) is 0 Å². The number of nitrogens with one attached hydrogen (secondary N) is 1. The maximum absolute atomic E-state index is 12.6. The Labute approximate surface area is 183 Å². The van der Waals surface area contributed by atoms with Gasteiger partial charge in [-0.15, -0.1) is 10.2 Å². The number of pyridine rings is 1. The molecule has 158 valence electrons. The summed E-state index contributed by atoms with van der Waals surface area (Å²) in [5.41, 5.74) is 2.56. The predicted molar refractivity (Wildman–Crippen MR) is 118 cm³/mol. The summed E-state index contributed by atoms with van der Waals surface area (Å²) in [6.45, 7) is 2.41. The molecular weight excluding hydrogens is 414 g/mol. The highest BCUT2D eigenvalue weighted by molar-refractivity contribution is 7.99. The zero-order valence-electron chi connectivity index (χ0n) is 17.1. The number of rotatable bonds is 8. The number of ether oxygens (including phenoxy) is 1. The molecule has 0 bridgehead atoms. The summed E-state index contributed by atoms with van der Waals surface area (Å²) < 4.78 is 12.8. The summed E-state index contributed by atoms with van der Waals surface area (Å²) in [5, 5.41) is 12.2. The zero-order chi connectivity index (χ0) is 21.6. The number of methoxy groups -OCH3 is 1. The monoisotopic (exact) mass is 435 g/mol. The molecule has 4 aromatic rings. The van der Waals surface area contributed by atoms with E-state index in [-0.39, 0.29) is 11.7 Å². The Kier molecular flexibility index (Phi) is 6.32. The second-order valence-corrected chi connectivity index (χ2v) is 7.69. The minimum absolute atomic E-state index is 0.160. The SMILES string of the molecule is COc1ccc(C)cc1NC(=O)CSc1nnc(-c2ccncc2)n1Cc1ccco1. The quantitative estimate of drug-likeness (QED) is 0.418. The van der Waals surface area contributed by atoms with E-state index >= 15 is 0 Å². The van der Waals surface area contributed by atoms with Crippen LogP contribution in [0.5, 0.6) is 5.75 Å². The zero-order valence-corrected chi connectivity index (χ0v) is 17.9. The maximum Gasteiger partial charge on any atom is 0.234 e. The lowest BCUT2D eigenvalue weighted by molar-refractivity contribution is -0.113. The Bertz CT molecular complexity index is 1160. The standard InChI is InChI=1S/C22H21N5O3S/c1-15-5-6-19(29-2)18(12-15)24-20(28)14-31-22-26-25-21(16-7-9-23-10-8-16)27(22)13-17-4-3-11-30-17/h3-12H,13-14H2,1-2H3,(H,24,28). The third-order valence-corrected chi connectivity index (χ3v) is 5.48. The first-order valence-electron chi connectivity index (χ1n) is 9.57. The van der Waals surface area contributed by atoms with Gasteiger partial charge in [0.2, 0.25) is 5.91 Å². The number of carbonyl (C=O) groups is 1. The van der Waals surface area contributed by atoms with E-state index in [2.05, 4.69) is 20.5 Å². The molecule has 0 aliphatic rings. The first kappa shape index (κ1) is 20.7. The second-order valence-electron chi connectivity index (χ2n) is 6.75. The molecule has 0 fully saturated rings. The molecule has 0 spiro atoms. The van der Waals surface area contributed by atoms with Crippen molar-refractivity contribution < 1.29 is 13.9 Å². The predicted octanol–water partition coefficient (Wildman–Crippen LogP) is 4.03. The Hall–Kier alpha value is -3.59. The van der Waals surface area contributed by atoms with Gasteiger partial charge in [-0.1, -0.05) is 17.8 Å². The number of nitrogens with zero attached hydrogens (tertiary/aromatic N) is 4. The van der Waals surface area contributed by atoms with Crippen molar-refractivity contribution >= 4 is 23.4 Å². The van der Waals surface area contributed by atoms with E-state index in [1.807, 2.05) is 54.0 Å². The Morgan fingerprint density at radius 1 is 1.19 bits per heavy atom. The molecule has 0 atom stereocenters. The van der Waals surface area contributed by atoms with E-state index in [9.17, 15) is 4.79 Å². The van der Waals surface area contributed by atoms with Gasteiger partial charge in [0.1, 0.15) is 11.5 Å². The average molecular weight is 436 g/mol. The van der Waals surface area contributed by atoms with Gasteiger partial charge in [0.05, 0.1) is 31.4 Å². The van der Waals surface area contributed by atoms with Gasteiger partial charge in [-0.05, 0) is 48.9 Å². The van der Waals surface area contributed by atoms with Crippen LogP contribution in [0, 0.1) is 6.92 Å². The number of hydrogen-bond donors (Lipinski definition) is 1. The van der Waals surface area contributed by atoms with Gasteiger partial charge in [0.25, 0.3) is 0 Å². The van der Waals surface area contributed by atoms with Crippen molar-refractivity contribution in [1.82, 2.24) is 19.7 Å². The van der Waals surface area contributed by atoms with Gasteiger partial charge in [0.15, 0.2) is 11.0 Å². The summed E-state index contributed by atoms with van der Waals surface area (Å²) in [5.74, 6) is 2.08. The van der Waals surface area contributed by atoms with Gasteiger partial charge in [-0.2, -0.15) is 0 Å². The third-order valence-electron chi connectivity index (χ3n) is 4.51. The minimum atomic E-state index is -0.160. The fourth-order valence-corrected chi connectivity index (χ4v) is 3.78. The molecule has 4 rings (SSSR count). The van der Waals surface area contributed by atoms with Gasteiger partial charge >= 0.3 is 0 Å². The fourth-order valence-electron chi connectivity index (χ4n) is 3.05. The van der Waals surface area contributed by atoms with Crippen LogP contribution in [-0.2, 0) is 11.3 Å². The van der Waals surface area contributed by atoms with Crippen molar-refractivity contribution in [3.05, 3.63) is 72.4 Å². The van der Waals surface area contributed by atoms with Gasteiger partial charge in [-0.3, -0.25) is 14.3 Å². The molecule has 1 N–H and O–H groups in total. The molecule has 31 heavy (non-hydrogen) atoms. The lowest BCUT2D eigenvalue weighted by atomic mass is 10.2. The van der Waals surface area contributed by atoms with Crippen molar-refractivity contribution in [2.75, 3.05) is 18.2 Å². The first-order chi connectivity index (χ1) is 15.1. The Morgan fingerprint density at radius 3 is 2.77 bits per heavy atom. The number of benzene rings is 1. The number of hydrogen-bond acceptors (Lipinski definition) is 7. The molecule has 0 saturated heterocycles. The van der Waals surface area contributed by atoms with E-state index in [1.54, 1.807) is 25.8 Å². The van der Waals surface area contributed by atoms with Crippen molar-refractivity contribution in [1.29, 1.82) is 0 Å². The number of aryl methyl sites for hydroxylation is 1. The summed E-state index contributed by atoms with van der Waals surface area (Å²) in [6.07, 6.45) is 5.04. The molecule has 3 aromatic heterocycles. The maximum atomic E-state index is 12.6. The van der Waals surface area contributed by atoms with Crippen LogP contribution >= 0.6 is 11.8 Å². The summed E-state index contributed by atoms with van der Waals surface area (Å²) >= 11 is 1.31. The molecule has 0 aliphatic carbocycles. The molecule has 0 saturated carbocycles. The van der Waals surface area contributed by atoms with E-state index in [0.717, 1.165) is 16.9 Å². The third kappa shape index (κ3) is 4.95. The highest BCUT2D eigenvalue weighted by Crippen LogP contribution is 2.27. The van der Waals surface area contributed by atoms with Crippen LogP contribution in [-0.4, -0.2) is 38.5 Å². The van der Waals surface area contributed by atoms with E-state index < -0.39 is 0 Å². The summed E-state index contributed by atoms with van der Waals surface area (Å²) in [6, 6.07) is 13.1. The number of carbonyl (C=O) groups excluding carboxylic acids is 1. The number of anilines is 1. The van der Waals surface area contributed by atoms with Crippen molar-refractivity contribution in [2.45, 2.75) is 18.6 Å². The van der Waals surface area contributed by atoms with Crippen LogP contribution < -0.4 is 10.1 Å². The van der Waals surface area contributed by atoms with E-state index in [0.29, 0.717) is 29.0 Å². The van der Waals surface area contributed by atoms with Gasteiger partial charge in [0, 0.05) is 18.0 Å². The number of thioether (sulfide) groups is 1. The fraction of sp³-hybridized carbons (Fsp3) is 0.182. The van der Waals surface area contributed by atoms with Gasteiger partial charge in [-0.25, -0.2) is 0 Å². The lowest BCUT2D eigenvalue weighted by Crippen LogP contribution is -2.15.